The van der Waals surface area contributed by atoms with Crippen LogP contribution < -0.4 is 0 Å². The van der Waals surface area contributed by atoms with Crippen LogP contribution >= 0.6 is 11.6 Å². The Morgan fingerprint density at radius 1 is 1.12 bits per heavy atom. The standard InChI is InChI=1S/C13H12ClN3/c14-12-10-5-1-2-6-11(10)16-13(17-12)9-4-3-7-15-8-9/h3-4,7-8H,1-2,5-6H2. The van der Waals surface area contributed by atoms with Crippen molar-refractivity contribution in [1.82, 2.24) is 15.0 Å². The maximum absolute atomic E-state index is 6.23. The fourth-order valence-electron chi connectivity index (χ4n) is 2.17. The van der Waals surface area contributed by atoms with Crippen molar-refractivity contribution < 1.29 is 0 Å². The number of halogens is 1. The minimum atomic E-state index is 0.605. The molecular weight excluding hydrogens is 234 g/mol. The zero-order chi connectivity index (χ0) is 11.7. The minimum Gasteiger partial charge on any atom is -0.264 e. The van der Waals surface area contributed by atoms with Crippen molar-refractivity contribution in [2.45, 2.75) is 25.7 Å². The molecule has 0 aliphatic heterocycles. The molecule has 0 fully saturated rings. The summed E-state index contributed by atoms with van der Waals surface area (Å²) >= 11 is 6.23. The quantitative estimate of drug-likeness (QED) is 0.725. The highest BCUT2D eigenvalue weighted by atomic mass is 35.5. The summed E-state index contributed by atoms with van der Waals surface area (Å²) in [6.07, 6.45) is 7.88. The second kappa shape index (κ2) is 4.41. The molecule has 3 nitrogen and oxygen atoms in total. The predicted octanol–water partition coefficient (Wildman–Crippen LogP) is 3.07. The third-order valence-electron chi connectivity index (χ3n) is 3.05. The molecule has 0 spiro atoms. The third-order valence-corrected chi connectivity index (χ3v) is 3.37. The molecule has 2 aromatic rings. The van der Waals surface area contributed by atoms with E-state index in [4.69, 9.17) is 11.6 Å². The molecule has 0 amide bonds. The van der Waals surface area contributed by atoms with Crippen molar-refractivity contribution >= 4 is 11.6 Å². The first kappa shape index (κ1) is 10.7. The van der Waals surface area contributed by atoms with Crippen molar-refractivity contribution in [3.8, 4) is 11.4 Å². The smallest absolute Gasteiger partial charge is 0.162 e. The maximum Gasteiger partial charge on any atom is 0.162 e. The van der Waals surface area contributed by atoms with E-state index < -0.39 is 0 Å². The number of aromatic nitrogens is 3. The number of aryl methyl sites for hydroxylation is 1. The molecule has 1 aliphatic carbocycles. The van der Waals surface area contributed by atoms with Gasteiger partial charge in [0.15, 0.2) is 5.82 Å². The molecule has 0 saturated carbocycles. The Morgan fingerprint density at radius 3 is 2.82 bits per heavy atom. The van der Waals surface area contributed by atoms with Gasteiger partial charge in [-0.15, -0.1) is 0 Å². The van der Waals surface area contributed by atoms with Gasteiger partial charge in [0.1, 0.15) is 5.15 Å². The molecule has 0 aromatic carbocycles. The second-order valence-electron chi connectivity index (χ2n) is 4.21. The van der Waals surface area contributed by atoms with Crippen molar-refractivity contribution in [2.75, 3.05) is 0 Å². The topological polar surface area (TPSA) is 38.7 Å². The Bertz CT molecular complexity index is 540. The molecule has 17 heavy (non-hydrogen) atoms. The van der Waals surface area contributed by atoms with Gasteiger partial charge in [-0.2, -0.15) is 0 Å². The van der Waals surface area contributed by atoms with Crippen molar-refractivity contribution in [1.29, 1.82) is 0 Å². The lowest BCUT2D eigenvalue weighted by Crippen LogP contribution is -2.08. The van der Waals surface area contributed by atoms with Gasteiger partial charge >= 0.3 is 0 Å². The molecule has 0 bridgehead atoms. The highest BCUT2D eigenvalue weighted by Crippen LogP contribution is 2.27. The van der Waals surface area contributed by atoms with Crippen molar-refractivity contribution in [3.05, 3.63) is 40.9 Å². The molecule has 1 aliphatic rings. The van der Waals surface area contributed by atoms with Crippen LogP contribution in [0.25, 0.3) is 11.4 Å². The largest absolute Gasteiger partial charge is 0.264 e. The second-order valence-corrected chi connectivity index (χ2v) is 4.57. The lowest BCUT2D eigenvalue weighted by Gasteiger charge is -2.16. The van der Waals surface area contributed by atoms with Crippen LogP contribution in [0.15, 0.2) is 24.5 Å². The summed E-state index contributed by atoms with van der Waals surface area (Å²) in [6.45, 7) is 0. The van der Waals surface area contributed by atoms with Gasteiger partial charge in [-0.05, 0) is 37.8 Å². The zero-order valence-electron chi connectivity index (χ0n) is 9.36. The summed E-state index contributed by atoms with van der Waals surface area (Å²) in [5.41, 5.74) is 3.16. The minimum absolute atomic E-state index is 0.605. The van der Waals surface area contributed by atoms with Crippen LogP contribution in [0.3, 0.4) is 0 Å². The molecule has 2 aromatic heterocycles. The molecule has 4 heteroatoms. The number of nitrogens with zero attached hydrogens (tertiary/aromatic N) is 3. The molecule has 0 N–H and O–H groups in total. The van der Waals surface area contributed by atoms with Gasteiger partial charge in [-0.25, -0.2) is 9.97 Å². The Kier molecular flexibility index (Phi) is 2.77. The van der Waals surface area contributed by atoms with E-state index in [9.17, 15) is 0 Å². The molecule has 0 unspecified atom stereocenters. The highest BCUT2D eigenvalue weighted by molar-refractivity contribution is 6.30. The number of pyridine rings is 1. The SMILES string of the molecule is Clc1nc(-c2cccnc2)nc2c1CCCC2. The average molecular weight is 246 g/mol. The van der Waals surface area contributed by atoms with E-state index >= 15 is 0 Å². The lowest BCUT2D eigenvalue weighted by atomic mass is 9.97. The van der Waals surface area contributed by atoms with Gasteiger partial charge in [-0.1, -0.05) is 11.6 Å². The van der Waals surface area contributed by atoms with E-state index in [1.807, 2.05) is 12.1 Å². The predicted molar refractivity (Wildman–Crippen MR) is 66.9 cm³/mol. The highest BCUT2D eigenvalue weighted by Gasteiger charge is 2.17. The van der Waals surface area contributed by atoms with Crippen LogP contribution in [0.4, 0.5) is 0 Å². The summed E-state index contributed by atoms with van der Waals surface area (Å²) in [7, 11) is 0. The molecule has 86 valence electrons. The Hall–Kier alpha value is -1.48. The number of hydrogen-bond acceptors (Lipinski definition) is 3. The molecule has 0 saturated heterocycles. The molecule has 2 heterocycles. The monoisotopic (exact) mass is 245 g/mol. The van der Waals surface area contributed by atoms with E-state index in [-0.39, 0.29) is 0 Å². The van der Waals surface area contributed by atoms with Gasteiger partial charge in [0.2, 0.25) is 0 Å². The Morgan fingerprint density at radius 2 is 2.00 bits per heavy atom. The van der Waals surface area contributed by atoms with Crippen LogP contribution in [-0.2, 0) is 12.8 Å². The molecule has 0 radical (unpaired) electrons. The van der Waals surface area contributed by atoms with Crippen LogP contribution in [0.5, 0.6) is 0 Å². The van der Waals surface area contributed by atoms with Crippen LogP contribution in [0, 0.1) is 0 Å². The summed E-state index contributed by atoms with van der Waals surface area (Å²) < 4.78 is 0. The summed E-state index contributed by atoms with van der Waals surface area (Å²) in [6, 6.07) is 3.83. The lowest BCUT2D eigenvalue weighted by molar-refractivity contribution is 0.663. The van der Waals surface area contributed by atoms with Gasteiger partial charge < -0.3 is 0 Å². The summed E-state index contributed by atoms with van der Waals surface area (Å²) in [5.74, 6) is 0.684. The fourth-order valence-corrected chi connectivity index (χ4v) is 2.46. The maximum atomic E-state index is 6.23. The third kappa shape index (κ3) is 2.03. The summed E-state index contributed by atoms with van der Waals surface area (Å²) in [5, 5.41) is 0.605. The van der Waals surface area contributed by atoms with Gasteiger partial charge in [0.05, 0.1) is 0 Å². The molecule has 3 rings (SSSR count). The number of fused-ring (bicyclic) bond motifs is 1. The number of rotatable bonds is 1. The van der Waals surface area contributed by atoms with Gasteiger partial charge in [-0.3, -0.25) is 4.98 Å². The average Bonchev–Trinajstić information content (AvgIpc) is 2.40. The molecular formula is C13H12ClN3. The van der Waals surface area contributed by atoms with Crippen LogP contribution in [0.1, 0.15) is 24.1 Å². The first-order chi connectivity index (χ1) is 8.34. The Labute approximate surface area is 105 Å². The Balaban J connectivity index is 2.11. The van der Waals surface area contributed by atoms with E-state index in [2.05, 4.69) is 15.0 Å². The fraction of sp³-hybridized carbons (Fsp3) is 0.308. The normalized spacial score (nSPS) is 14.4. The van der Waals surface area contributed by atoms with Crippen LogP contribution in [0.2, 0.25) is 5.15 Å². The van der Waals surface area contributed by atoms with Crippen molar-refractivity contribution in [3.63, 3.8) is 0 Å². The molecule has 0 atom stereocenters. The first-order valence-corrected chi connectivity index (χ1v) is 6.18. The van der Waals surface area contributed by atoms with Crippen LogP contribution in [-0.4, -0.2) is 15.0 Å². The van der Waals surface area contributed by atoms with Gasteiger partial charge in [0, 0.05) is 29.2 Å². The first-order valence-electron chi connectivity index (χ1n) is 5.80. The van der Waals surface area contributed by atoms with E-state index in [0.717, 1.165) is 29.7 Å². The zero-order valence-corrected chi connectivity index (χ0v) is 10.1. The van der Waals surface area contributed by atoms with E-state index in [1.165, 1.54) is 12.8 Å². The van der Waals surface area contributed by atoms with Gasteiger partial charge in [0.25, 0.3) is 0 Å². The summed E-state index contributed by atoms with van der Waals surface area (Å²) in [4.78, 5) is 13.1. The van der Waals surface area contributed by atoms with E-state index in [0.29, 0.717) is 11.0 Å². The van der Waals surface area contributed by atoms with Crippen molar-refractivity contribution in [2.24, 2.45) is 0 Å². The van der Waals surface area contributed by atoms with E-state index in [1.54, 1.807) is 12.4 Å². The number of hydrogen-bond donors (Lipinski definition) is 0.